The summed E-state index contributed by atoms with van der Waals surface area (Å²) in [5.41, 5.74) is 0.101. The molecule has 4 rings (SSSR count). The van der Waals surface area contributed by atoms with Crippen LogP contribution in [0.15, 0.2) is 48.5 Å². The Morgan fingerprint density at radius 2 is 1.56 bits per heavy atom. The van der Waals surface area contributed by atoms with E-state index in [9.17, 15) is 18.3 Å². The van der Waals surface area contributed by atoms with Crippen LogP contribution in [0.1, 0.15) is 5.56 Å². The largest absolute Gasteiger partial charge is 0.492 e. The van der Waals surface area contributed by atoms with Gasteiger partial charge in [0.05, 0.1) is 11.3 Å². The lowest BCUT2D eigenvalue weighted by Crippen LogP contribution is -2.05. The van der Waals surface area contributed by atoms with Gasteiger partial charge < -0.3 is 5.11 Å². The summed E-state index contributed by atoms with van der Waals surface area (Å²) in [6.07, 6.45) is -4.43. The molecule has 126 valence electrons. The maximum Gasteiger partial charge on any atom is 0.416 e. The molecule has 0 fully saturated rings. The molecular weight excluding hydrogens is 355 g/mol. The number of hydrogen-bond donors (Lipinski definition) is 1. The zero-order chi connectivity index (χ0) is 17.8. The topological polar surface area (TPSA) is 50.9 Å². The number of hydrogen-bond acceptors (Lipinski definition) is 3. The molecule has 0 spiro atoms. The molecule has 0 aliphatic carbocycles. The van der Waals surface area contributed by atoms with Gasteiger partial charge in [-0.2, -0.15) is 23.0 Å². The Balaban J connectivity index is 1.94. The summed E-state index contributed by atoms with van der Waals surface area (Å²) in [4.78, 5) is 4.16. The van der Waals surface area contributed by atoms with Gasteiger partial charge in [-0.15, -0.1) is 0 Å². The van der Waals surface area contributed by atoms with Gasteiger partial charge in [0, 0.05) is 10.8 Å². The van der Waals surface area contributed by atoms with E-state index in [1.54, 1.807) is 24.3 Å². The Hall–Kier alpha value is -2.80. The molecule has 25 heavy (non-hydrogen) atoms. The zero-order valence-corrected chi connectivity index (χ0v) is 13.2. The van der Waals surface area contributed by atoms with E-state index in [-0.39, 0.29) is 22.2 Å². The molecule has 4 nitrogen and oxygen atoms in total. The second-order valence-electron chi connectivity index (χ2n) is 5.43. The summed E-state index contributed by atoms with van der Waals surface area (Å²) in [6.45, 7) is 0. The molecule has 0 atom stereocenters. The van der Waals surface area contributed by atoms with Crippen molar-refractivity contribution >= 4 is 33.4 Å². The number of rotatable bonds is 1. The van der Waals surface area contributed by atoms with Crippen molar-refractivity contribution in [2.24, 2.45) is 0 Å². The van der Waals surface area contributed by atoms with E-state index >= 15 is 0 Å². The Bertz CT molecular complexity index is 1100. The normalized spacial score (nSPS) is 12.2. The van der Waals surface area contributed by atoms with Gasteiger partial charge in [-0.25, -0.2) is 4.98 Å². The second kappa shape index (κ2) is 5.35. The van der Waals surface area contributed by atoms with Gasteiger partial charge in [-0.05, 0) is 24.3 Å². The Morgan fingerprint density at radius 3 is 2.20 bits per heavy atom. The van der Waals surface area contributed by atoms with Crippen LogP contribution < -0.4 is 0 Å². The number of aromatic nitrogens is 3. The SMILES string of the molecule is Oc1c2nc(Cl)c3ccccc3c2nn1-c1ccc(C(F)(F)F)cc1. The molecule has 2 aromatic carbocycles. The molecule has 2 heterocycles. The van der Waals surface area contributed by atoms with Gasteiger partial charge in [0.25, 0.3) is 0 Å². The van der Waals surface area contributed by atoms with Crippen molar-refractivity contribution in [2.45, 2.75) is 6.18 Å². The van der Waals surface area contributed by atoms with E-state index < -0.39 is 11.7 Å². The average molecular weight is 364 g/mol. The third kappa shape index (κ3) is 2.47. The van der Waals surface area contributed by atoms with E-state index in [1.807, 2.05) is 0 Å². The highest BCUT2D eigenvalue weighted by atomic mass is 35.5. The molecule has 4 aromatic rings. The van der Waals surface area contributed by atoms with Crippen molar-refractivity contribution in [3.8, 4) is 11.6 Å². The Kier molecular flexibility index (Phi) is 3.36. The van der Waals surface area contributed by atoms with E-state index in [0.29, 0.717) is 16.3 Å². The molecular formula is C17H9ClF3N3O. The highest BCUT2D eigenvalue weighted by molar-refractivity contribution is 6.35. The van der Waals surface area contributed by atoms with Crippen molar-refractivity contribution < 1.29 is 18.3 Å². The first kappa shape index (κ1) is 15.7. The van der Waals surface area contributed by atoms with E-state index in [2.05, 4.69) is 10.1 Å². The summed E-state index contributed by atoms with van der Waals surface area (Å²) in [7, 11) is 0. The Labute approximate surface area is 144 Å². The highest BCUT2D eigenvalue weighted by Crippen LogP contribution is 2.35. The third-order valence-electron chi connectivity index (χ3n) is 3.89. The van der Waals surface area contributed by atoms with Crippen LogP contribution in [0.5, 0.6) is 5.88 Å². The summed E-state index contributed by atoms with van der Waals surface area (Å²) in [5.74, 6) is -0.289. The molecule has 0 amide bonds. The van der Waals surface area contributed by atoms with Crippen molar-refractivity contribution in [3.05, 3.63) is 59.2 Å². The van der Waals surface area contributed by atoms with Crippen LogP contribution >= 0.6 is 11.6 Å². The maximum absolute atomic E-state index is 12.7. The minimum Gasteiger partial charge on any atom is -0.492 e. The molecule has 0 aliphatic heterocycles. The van der Waals surface area contributed by atoms with E-state index in [0.717, 1.165) is 16.8 Å². The highest BCUT2D eigenvalue weighted by Gasteiger charge is 2.30. The fourth-order valence-electron chi connectivity index (χ4n) is 2.68. The number of aromatic hydroxyl groups is 1. The lowest BCUT2D eigenvalue weighted by Gasteiger charge is -2.07. The molecule has 0 aliphatic rings. The summed E-state index contributed by atoms with van der Waals surface area (Å²) in [5, 5.41) is 16.3. The third-order valence-corrected chi connectivity index (χ3v) is 4.18. The lowest BCUT2D eigenvalue weighted by atomic mass is 10.1. The van der Waals surface area contributed by atoms with Crippen molar-refractivity contribution in [1.82, 2.24) is 14.8 Å². The van der Waals surface area contributed by atoms with E-state index in [1.165, 1.54) is 12.1 Å². The quantitative estimate of drug-likeness (QED) is 0.487. The van der Waals surface area contributed by atoms with Crippen LogP contribution in [0.2, 0.25) is 5.15 Å². The number of pyridine rings is 1. The van der Waals surface area contributed by atoms with Gasteiger partial charge in [0.15, 0.2) is 5.52 Å². The molecule has 1 N–H and O–H groups in total. The zero-order valence-electron chi connectivity index (χ0n) is 12.4. The fraction of sp³-hybridized carbons (Fsp3) is 0.0588. The van der Waals surface area contributed by atoms with Crippen LogP contribution in [0.3, 0.4) is 0 Å². The van der Waals surface area contributed by atoms with Gasteiger partial charge in [0.2, 0.25) is 5.88 Å². The Morgan fingerprint density at radius 1 is 0.920 bits per heavy atom. The summed E-state index contributed by atoms with van der Waals surface area (Å²) < 4.78 is 39.2. The molecule has 0 bridgehead atoms. The molecule has 0 saturated heterocycles. The van der Waals surface area contributed by atoms with Crippen molar-refractivity contribution in [2.75, 3.05) is 0 Å². The number of fused-ring (bicyclic) bond motifs is 3. The average Bonchev–Trinajstić information content (AvgIpc) is 2.92. The van der Waals surface area contributed by atoms with Crippen LogP contribution in [0, 0.1) is 0 Å². The van der Waals surface area contributed by atoms with Crippen molar-refractivity contribution in [1.29, 1.82) is 0 Å². The van der Waals surface area contributed by atoms with Crippen molar-refractivity contribution in [3.63, 3.8) is 0 Å². The van der Waals surface area contributed by atoms with Gasteiger partial charge in [-0.3, -0.25) is 0 Å². The first-order valence-electron chi connectivity index (χ1n) is 7.20. The predicted octanol–water partition coefficient (Wildman–Crippen LogP) is 4.95. The molecule has 0 saturated carbocycles. The summed E-state index contributed by atoms with van der Waals surface area (Å²) in [6, 6.07) is 11.5. The van der Waals surface area contributed by atoms with Gasteiger partial charge in [-0.1, -0.05) is 35.9 Å². The number of halogens is 4. The van der Waals surface area contributed by atoms with Crippen LogP contribution in [-0.4, -0.2) is 19.9 Å². The molecule has 0 radical (unpaired) electrons. The minimum atomic E-state index is -4.43. The van der Waals surface area contributed by atoms with Crippen LogP contribution in [0.4, 0.5) is 13.2 Å². The second-order valence-corrected chi connectivity index (χ2v) is 5.78. The molecule has 2 aromatic heterocycles. The number of nitrogens with zero attached hydrogens (tertiary/aromatic N) is 3. The van der Waals surface area contributed by atoms with Gasteiger partial charge >= 0.3 is 6.18 Å². The van der Waals surface area contributed by atoms with E-state index in [4.69, 9.17) is 11.6 Å². The minimum absolute atomic E-state index is 0.184. The predicted molar refractivity (Wildman–Crippen MR) is 88.0 cm³/mol. The molecule has 8 heteroatoms. The fourth-order valence-corrected chi connectivity index (χ4v) is 2.93. The monoisotopic (exact) mass is 363 g/mol. The van der Waals surface area contributed by atoms with Gasteiger partial charge in [0.1, 0.15) is 10.7 Å². The maximum atomic E-state index is 12.7. The molecule has 0 unspecified atom stereocenters. The van der Waals surface area contributed by atoms with Crippen LogP contribution in [0.25, 0.3) is 27.5 Å². The standard InChI is InChI=1S/C17H9ClF3N3O/c18-15-12-4-2-1-3-11(12)13-14(22-15)16(25)24(23-13)10-7-5-9(6-8-10)17(19,20)21/h1-8,25H. The number of benzene rings is 2. The summed E-state index contributed by atoms with van der Waals surface area (Å²) >= 11 is 6.15. The van der Waals surface area contributed by atoms with Crippen LogP contribution in [-0.2, 0) is 6.18 Å². The smallest absolute Gasteiger partial charge is 0.416 e. The lowest BCUT2D eigenvalue weighted by molar-refractivity contribution is -0.137. The first-order valence-corrected chi connectivity index (χ1v) is 7.57. The number of alkyl halides is 3. The first-order chi connectivity index (χ1) is 11.9.